The van der Waals surface area contributed by atoms with Crippen molar-refractivity contribution in [3.63, 3.8) is 0 Å². The van der Waals surface area contributed by atoms with Crippen LogP contribution in [0.1, 0.15) is 25.7 Å². The van der Waals surface area contributed by atoms with Gasteiger partial charge in [-0.25, -0.2) is 0 Å². The van der Waals surface area contributed by atoms with Crippen molar-refractivity contribution >= 4 is 17.5 Å². The molecule has 0 aliphatic heterocycles. The van der Waals surface area contributed by atoms with Crippen LogP contribution in [0.25, 0.3) is 0 Å². The van der Waals surface area contributed by atoms with E-state index in [0.717, 1.165) is 41.8 Å². The van der Waals surface area contributed by atoms with Crippen LogP contribution in [0.15, 0.2) is 0 Å². The van der Waals surface area contributed by atoms with E-state index in [2.05, 4.69) is 21.1 Å². The summed E-state index contributed by atoms with van der Waals surface area (Å²) in [6.45, 7) is 1.34. The number of aliphatic hydroxyl groups is 1. The molecule has 0 aromatic carbocycles. The maximum atomic E-state index is 11.4. The van der Waals surface area contributed by atoms with Gasteiger partial charge < -0.3 is 9.59 Å². The Labute approximate surface area is 104 Å². The molecular weight excluding hydrogens is 222 g/mol. The van der Waals surface area contributed by atoms with Crippen LogP contribution in [-0.4, -0.2) is 61.2 Å². The van der Waals surface area contributed by atoms with E-state index in [0.29, 0.717) is 12.2 Å². The summed E-state index contributed by atoms with van der Waals surface area (Å²) < 4.78 is 0.973. The number of aliphatic hydroxyl groups excluding tert-OH is 1. The second-order valence-electron chi connectivity index (χ2n) is 5.10. The molecular formula is C12H26NO2S+. The minimum atomic E-state index is 0.211. The van der Waals surface area contributed by atoms with Crippen LogP contribution < -0.4 is 0 Å². The van der Waals surface area contributed by atoms with Gasteiger partial charge in [0, 0.05) is 24.3 Å². The predicted octanol–water partition coefficient (Wildman–Crippen LogP) is 1.55. The van der Waals surface area contributed by atoms with E-state index in [1.807, 2.05) is 0 Å². The number of unbranched alkanes of at least 4 members (excludes halogenated alkanes) is 1. The number of ketones is 1. The Balaban J connectivity index is 3.31. The molecule has 3 nitrogen and oxygen atoms in total. The minimum absolute atomic E-state index is 0.211. The molecule has 1 N–H and O–H groups in total. The van der Waals surface area contributed by atoms with Crippen molar-refractivity contribution < 1.29 is 14.4 Å². The second kappa shape index (κ2) is 9.02. The highest BCUT2D eigenvalue weighted by Crippen LogP contribution is 2.06. The van der Waals surface area contributed by atoms with E-state index < -0.39 is 0 Å². The number of carbonyl (C=O) groups excluding carboxylic acids is 1. The van der Waals surface area contributed by atoms with Crippen molar-refractivity contribution in [3.8, 4) is 0 Å². The molecule has 0 radical (unpaired) electrons. The fourth-order valence-electron chi connectivity index (χ4n) is 1.39. The van der Waals surface area contributed by atoms with Crippen LogP contribution in [0, 0.1) is 0 Å². The highest BCUT2D eigenvalue weighted by molar-refractivity contribution is 7.99. The summed E-state index contributed by atoms with van der Waals surface area (Å²) in [5, 5.41) is 8.57. The van der Waals surface area contributed by atoms with E-state index in [1.54, 1.807) is 11.8 Å². The smallest absolute Gasteiger partial charge is 0.133 e. The normalized spacial score (nSPS) is 11.8. The zero-order valence-electron chi connectivity index (χ0n) is 10.9. The zero-order valence-corrected chi connectivity index (χ0v) is 11.7. The van der Waals surface area contributed by atoms with Crippen LogP contribution >= 0.6 is 11.8 Å². The van der Waals surface area contributed by atoms with E-state index in [9.17, 15) is 4.79 Å². The van der Waals surface area contributed by atoms with E-state index in [1.165, 1.54) is 0 Å². The molecule has 96 valence electrons. The van der Waals surface area contributed by atoms with Crippen LogP contribution in [-0.2, 0) is 4.79 Å². The first kappa shape index (κ1) is 15.9. The molecule has 0 atom stereocenters. The van der Waals surface area contributed by atoms with Crippen molar-refractivity contribution in [1.82, 2.24) is 0 Å². The molecule has 16 heavy (non-hydrogen) atoms. The first-order valence-corrected chi connectivity index (χ1v) is 7.12. The lowest BCUT2D eigenvalue weighted by Gasteiger charge is -2.23. The topological polar surface area (TPSA) is 37.3 Å². The van der Waals surface area contributed by atoms with Gasteiger partial charge >= 0.3 is 0 Å². The summed E-state index contributed by atoms with van der Waals surface area (Å²) in [4.78, 5) is 11.4. The first-order valence-electron chi connectivity index (χ1n) is 5.96. The quantitative estimate of drug-likeness (QED) is 0.471. The van der Waals surface area contributed by atoms with Gasteiger partial charge in [0.1, 0.15) is 5.78 Å². The molecule has 0 bridgehead atoms. The van der Waals surface area contributed by atoms with Crippen molar-refractivity contribution in [2.75, 3.05) is 45.8 Å². The molecule has 0 aliphatic carbocycles. The SMILES string of the molecule is C[N+](C)(C)CCCCC(=O)CCSCCO. The molecule has 0 aliphatic rings. The predicted molar refractivity (Wildman–Crippen MR) is 70.8 cm³/mol. The third-order valence-electron chi connectivity index (χ3n) is 2.30. The van der Waals surface area contributed by atoms with E-state index in [4.69, 9.17) is 5.11 Å². The van der Waals surface area contributed by atoms with E-state index in [-0.39, 0.29) is 6.61 Å². The average molecular weight is 248 g/mol. The monoisotopic (exact) mass is 248 g/mol. The molecule has 0 aromatic rings. The fourth-order valence-corrected chi connectivity index (χ4v) is 2.09. The average Bonchev–Trinajstić information content (AvgIpc) is 2.18. The Morgan fingerprint density at radius 1 is 1.12 bits per heavy atom. The van der Waals surface area contributed by atoms with Gasteiger partial charge in [0.2, 0.25) is 0 Å². The molecule has 4 heteroatoms. The third-order valence-corrected chi connectivity index (χ3v) is 3.26. The van der Waals surface area contributed by atoms with Crippen LogP contribution in [0.2, 0.25) is 0 Å². The molecule has 0 saturated heterocycles. The standard InChI is InChI=1S/C12H26NO2S/c1-13(2,3)8-5-4-6-12(15)7-10-16-11-9-14/h14H,4-11H2,1-3H3/q+1. The Morgan fingerprint density at radius 2 is 1.81 bits per heavy atom. The zero-order chi connectivity index (χ0) is 12.4. The van der Waals surface area contributed by atoms with Crippen molar-refractivity contribution in [3.05, 3.63) is 0 Å². The summed E-state index contributed by atoms with van der Waals surface area (Å²) in [6, 6.07) is 0. The molecule has 0 unspecified atom stereocenters. The van der Waals surface area contributed by atoms with Crippen molar-refractivity contribution in [1.29, 1.82) is 0 Å². The van der Waals surface area contributed by atoms with Crippen molar-refractivity contribution in [2.45, 2.75) is 25.7 Å². The number of hydrogen-bond donors (Lipinski definition) is 1. The number of carbonyl (C=O) groups is 1. The van der Waals surface area contributed by atoms with E-state index >= 15 is 0 Å². The lowest BCUT2D eigenvalue weighted by molar-refractivity contribution is -0.870. The number of nitrogens with zero attached hydrogens (tertiary/aromatic N) is 1. The number of thioether (sulfide) groups is 1. The lowest BCUT2D eigenvalue weighted by atomic mass is 10.1. The number of Topliss-reactive ketones (excluding diaryl/α,β-unsaturated/α-hetero) is 1. The molecule has 0 rings (SSSR count). The molecule has 0 aromatic heterocycles. The lowest BCUT2D eigenvalue weighted by Crippen LogP contribution is -2.35. The first-order chi connectivity index (χ1) is 7.45. The molecule has 0 saturated carbocycles. The summed E-state index contributed by atoms with van der Waals surface area (Å²) in [6.07, 6.45) is 3.52. The maximum Gasteiger partial charge on any atom is 0.133 e. The number of hydrogen-bond acceptors (Lipinski definition) is 3. The van der Waals surface area contributed by atoms with Gasteiger partial charge in [-0.15, -0.1) is 0 Å². The number of rotatable bonds is 10. The molecule has 0 spiro atoms. The van der Waals surface area contributed by atoms with Gasteiger partial charge in [-0.05, 0) is 12.8 Å². The van der Waals surface area contributed by atoms with Crippen molar-refractivity contribution in [2.24, 2.45) is 0 Å². The van der Waals surface area contributed by atoms with Crippen LogP contribution in [0.5, 0.6) is 0 Å². The number of quaternary nitrogens is 1. The summed E-state index contributed by atoms with van der Waals surface area (Å²) in [7, 11) is 6.52. The van der Waals surface area contributed by atoms with Gasteiger partial charge in [-0.2, -0.15) is 11.8 Å². The summed E-state index contributed by atoms with van der Waals surface area (Å²) in [5.74, 6) is 1.97. The van der Waals surface area contributed by atoms with Gasteiger partial charge in [0.25, 0.3) is 0 Å². The maximum absolute atomic E-state index is 11.4. The molecule has 0 fully saturated rings. The Kier molecular flexibility index (Phi) is 8.99. The highest BCUT2D eigenvalue weighted by atomic mass is 32.2. The third kappa shape index (κ3) is 12.0. The molecule has 0 heterocycles. The van der Waals surface area contributed by atoms with Gasteiger partial charge in [0.15, 0.2) is 0 Å². The van der Waals surface area contributed by atoms with Gasteiger partial charge in [-0.3, -0.25) is 4.79 Å². The molecule has 0 amide bonds. The second-order valence-corrected chi connectivity index (χ2v) is 6.32. The summed E-state index contributed by atoms with van der Waals surface area (Å²) in [5.41, 5.74) is 0. The fraction of sp³-hybridized carbons (Fsp3) is 0.917. The van der Waals surface area contributed by atoms with Crippen LogP contribution in [0.4, 0.5) is 0 Å². The summed E-state index contributed by atoms with van der Waals surface area (Å²) >= 11 is 1.65. The largest absolute Gasteiger partial charge is 0.396 e. The van der Waals surface area contributed by atoms with Gasteiger partial charge in [0.05, 0.1) is 34.3 Å². The Morgan fingerprint density at radius 3 is 2.38 bits per heavy atom. The van der Waals surface area contributed by atoms with Crippen LogP contribution in [0.3, 0.4) is 0 Å². The highest BCUT2D eigenvalue weighted by Gasteiger charge is 2.07. The van der Waals surface area contributed by atoms with Gasteiger partial charge in [-0.1, -0.05) is 0 Å². The Hall–Kier alpha value is -0.0600. The minimum Gasteiger partial charge on any atom is -0.396 e. The Bertz CT molecular complexity index is 190.